The highest BCUT2D eigenvalue weighted by atomic mass is 16.3. The minimum absolute atomic E-state index is 0.231. The highest BCUT2D eigenvalue weighted by Crippen LogP contribution is 2.34. The molecule has 0 atom stereocenters. The Morgan fingerprint density at radius 3 is 2.61 bits per heavy atom. The zero-order valence-electron chi connectivity index (χ0n) is 12.2. The summed E-state index contributed by atoms with van der Waals surface area (Å²) in [5, 5.41) is 23.2. The molecular weight excluding hydrogens is 284 g/mol. The number of aromatic hydroxyl groups is 1. The van der Waals surface area contributed by atoms with Crippen molar-refractivity contribution >= 4 is 21.5 Å². The maximum Gasteiger partial charge on any atom is 0.116 e. The van der Waals surface area contributed by atoms with E-state index in [-0.39, 0.29) is 5.75 Å². The van der Waals surface area contributed by atoms with Crippen molar-refractivity contribution in [3.8, 4) is 22.9 Å². The van der Waals surface area contributed by atoms with E-state index >= 15 is 0 Å². The molecule has 1 heterocycles. The lowest BCUT2D eigenvalue weighted by atomic mass is 9.95. The number of phenols is 1. The molecule has 0 fully saturated rings. The fourth-order valence-corrected chi connectivity index (χ4v) is 2.95. The van der Waals surface area contributed by atoms with Crippen molar-refractivity contribution in [1.82, 2.24) is 4.98 Å². The first-order valence-corrected chi connectivity index (χ1v) is 7.26. The predicted octanol–water partition coefficient (Wildman–Crippen LogP) is 4.63. The van der Waals surface area contributed by atoms with E-state index in [9.17, 15) is 10.4 Å². The van der Waals surface area contributed by atoms with Crippen LogP contribution in [0.3, 0.4) is 0 Å². The summed E-state index contributed by atoms with van der Waals surface area (Å²) >= 11 is 0. The summed E-state index contributed by atoms with van der Waals surface area (Å²) < 4.78 is 0. The Kier molecular flexibility index (Phi) is 2.96. The van der Waals surface area contributed by atoms with Crippen LogP contribution in [0.25, 0.3) is 32.7 Å². The minimum atomic E-state index is 0.231. The van der Waals surface area contributed by atoms with Crippen LogP contribution in [0.5, 0.6) is 5.75 Å². The molecule has 108 valence electrons. The third-order valence-corrected chi connectivity index (χ3v) is 4.04. The van der Waals surface area contributed by atoms with Gasteiger partial charge in [0, 0.05) is 23.2 Å². The van der Waals surface area contributed by atoms with E-state index in [0.29, 0.717) is 5.56 Å². The number of pyridine rings is 1. The molecule has 4 rings (SSSR count). The Morgan fingerprint density at radius 1 is 0.870 bits per heavy atom. The van der Waals surface area contributed by atoms with Crippen molar-refractivity contribution in [2.24, 2.45) is 0 Å². The molecule has 3 heteroatoms. The summed E-state index contributed by atoms with van der Waals surface area (Å²) in [4.78, 5) is 4.09. The molecule has 1 N–H and O–H groups in total. The highest BCUT2D eigenvalue weighted by molar-refractivity contribution is 6.00. The van der Waals surface area contributed by atoms with Crippen LogP contribution in [0, 0.1) is 11.3 Å². The monoisotopic (exact) mass is 296 g/mol. The number of fused-ring (bicyclic) bond motifs is 2. The number of aromatic nitrogens is 1. The third kappa shape index (κ3) is 2.18. The Labute approximate surface area is 133 Å². The van der Waals surface area contributed by atoms with Crippen LogP contribution in [0.2, 0.25) is 0 Å². The smallest absolute Gasteiger partial charge is 0.116 e. The van der Waals surface area contributed by atoms with E-state index in [1.54, 1.807) is 24.5 Å². The van der Waals surface area contributed by atoms with Gasteiger partial charge in [0.1, 0.15) is 11.8 Å². The van der Waals surface area contributed by atoms with Crippen molar-refractivity contribution < 1.29 is 5.11 Å². The molecule has 0 spiro atoms. The third-order valence-electron chi connectivity index (χ3n) is 4.04. The summed E-state index contributed by atoms with van der Waals surface area (Å²) in [5.41, 5.74) is 2.46. The Balaban J connectivity index is 2.05. The lowest BCUT2D eigenvalue weighted by molar-refractivity contribution is 0.476. The van der Waals surface area contributed by atoms with E-state index in [1.165, 1.54) is 0 Å². The van der Waals surface area contributed by atoms with Gasteiger partial charge in [0.25, 0.3) is 0 Å². The molecule has 0 saturated heterocycles. The molecule has 4 aromatic rings. The SMILES string of the molecule is N#Cc1cncc2ccc(-c3cc(O)cc4ccccc34)cc12. The first-order valence-electron chi connectivity index (χ1n) is 7.26. The number of nitriles is 1. The maximum absolute atomic E-state index is 10.0. The van der Waals surface area contributed by atoms with Crippen molar-refractivity contribution in [1.29, 1.82) is 5.26 Å². The number of hydrogen-bond acceptors (Lipinski definition) is 3. The molecule has 0 amide bonds. The topological polar surface area (TPSA) is 56.9 Å². The minimum Gasteiger partial charge on any atom is -0.508 e. The van der Waals surface area contributed by atoms with Crippen molar-refractivity contribution in [2.45, 2.75) is 0 Å². The first-order chi connectivity index (χ1) is 11.3. The summed E-state index contributed by atoms with van der Waals surface area (Å²) in [5.74, 6) is 0.231. The van der Waals surface area contributed by atoms with Crippen LogP contribution >= 0.6 is 0 Å². The largest absolute Gasteiger partial charge is 0.508 e. The molecule has 0 aliphatic carbocycles. The molecule has 1 aromatic heterocycles. The Morgan fingerprint density at radius 2 is 1.74 bits per heavy atom. The van der Waals surface area contributed by atoms with E-state index in [2.05, 4.69) is 11.1 Å². The highest BCUT2D eigenvalue weighted by Gasteiger charge is 2.08. The fourth-order valence-electron chi connectivity index (χ4n) is 2.95. The fraction of sp³-hybridized carbons (Fsp3) is 0. The van der Waals surface area contributed by atoms with Crippen LogP contribution < -0.4 is 0 Å². The van der Waals surface area contributed by atoms with Gasteiger partial charge >= 0.3 is 0 Å². The zero-order chi connectivity index (χ0) is 15.8. The van der Waals surface area contributed by atoms with Gasteiger partial charge in [0.05, 0.1) is 5.56 Å². The number of phenolic OH excluding ortho intramolecular Hbond substituents is 1. The van der Waals surface area contributed by atoms with Crippen molar-refractivity contribution in [3.63, 3.8) is 0 Å². The number of benzene rings is 3. The molecular formula is C20H12N2O. The van der Waals surface area contributed by atoms with Gasteiger partial charge in [-0.3, -0.25) is 4.98 Å². The Bertz CT molecular complexity index is 1090. The second-order valence-electron chi connectivity index (χ2n) is 5.45. The van der Waals surface area contributed by atoms with Gasteiger partial charge in [-0.2, -0.15) is 5.26 Å². The second kappa shape index (κ2) is 5.11. The molecule has 0 saturated carbocycles. The molecule has 0 radical (unpaired) electrons. The van der Waals surface area contributed by atoms with Gasteiger partial charge < -0.3 is 5.11 Å². The molecule has 0 aliphatic rings. The summed E-state index contributed by atoms with van der Waals surface area (Å²) in [6.07, 6.45) is 3.33. The maximum atomic E-state index is 10.0. The second-order valence-corrected chi connectivity index (χ2v) is 5.45. The van der Waals surface area contributed by atoms with E-state index in [0.717, 1.165) is 32.7 Å². The summed E-state index contributed by atoms with van der Waals surface area (Å²) in [6, 6.07) is 19.6. The van der Waals surface area contributed by atoms with Crippen molar-refractivity contribution in [3.05, 3.63) is 72.6 Å². The quantitative estimate of drug-likeness (QED) is 0.557. The van der Waals surface area contributed by atoms with Gasteiger partial charge in [-0.1, -0.05) is 36.4 Å². The molecule has 0 unspecified atom stereocenters. The molecule has 0 aliphatic heterocycles. The number of rotatable bonds is 1. The lowest BCUT2D eigenvalue weighted by Gasteiger charge is -2.09. The van der Waals surface area contributed by atoms with Gasteiger partial charge in [-0.15, -0.1) is 0 Å². The number of nitrogens with zero attached hydrogens (tertiary/aromatic N) is 2. The van der Waals surface area contributed by atoms with Crippen LogP contribution in [-0.4, -0.2) is 10.1 Å². The Hall–Kier alpha value is -3.38. The normalized spacial score (nSPS) is 10.7. The van der Waals surface area contributed by atoms with Gasteiger partial charge in [0.2, 0.25) is 0 Å². The number of hydrogen-bond donors (Lipinski definition) is 1. The molecule has 23 heavy (non-hydrogen) atoms. The van der Waals surface area contributed by atoms with Gasteiger partial charge in [0.15, 0.2) is 0 Å². The van der Waals surface area contributed by atoms with E-state index in [1.807, 2.05) is 42.5 Å². The van der Waals surface area contributed by atoms with E-state index < -0.39 is 0 Å². The van der Waals surface area contributed by atoms with Crippen LogP contribution in [-0.2, 0) is 0 Å². The molecule has 3 aromatic carbocycles. The average molecular weight is 296 g/mol. The van der Waals surface area contributed by atoms with Crippen molar-refractivity contribution in [2.75, 3.05) is 0 Å². The van der Waals surface area contributed by atoms with E-state index in [4.69, 9.17) is 0 Å². The lowest BCUT2D eigenvalue weighted by Crippen LogP contribution is -1.86. The van der Waals surface area contributed by atoms with Gasteiger partial charge in [-0.25, -0.2) is 0 Å². The van der Waals surface area contributed by atoms with Gasteiger partial charge in [-0.05, 0) is 40.1 Å². The standard InChI is InChI=1S/C20H12N2O/c21-10-16-12-22-11-15-6-5-14(8-19(15)16)20-9-17(23)7-13-3-1-2-4-18(13)20/h1-9,11-12,23H. The first kappa shape index (κ1) is 13.3. The summed E-state index contributed by atoms with van der Waals surface area (Å²) in [7, 11) is 0. The van der Waals surface area contributed by atoms with Crippen LogP contribution in [0.1, 0.15) is 5.56 Å². The predicted molar refractivity (Wildman–Crippen MR) is 91.1 cm³/mol. The summed E-state index contributed by atoms with van der Waals surface area (Å²) in [6.45, 7) is 0. The van der Waals surface area contributed by atoms with Crippen LogP contribution in [0.15, 0.2) is 67.0 Å². The average Bonchev–Trinajstić information content (AvgIpc) is 2.60. The molecule has 0 bridgehead atoms. The zero-order valence-corrected chi connectivity index (χ0v) is 12.2. The molecule has 3 nitrogen and oxygen atoms in total. The van der Waals surface area contributed by atoms with Crippen LogP contribution in [0.4, 0.5) is 0 Å².